The summed E-state index contributed by atoms with van der Waals surface area (Å²) in [6, 6.07) is 12.2. The number of thiocarbonyl (C=S) groups is 1. The first kappa shape index (κ1) is 27.3. The zero-order valence-corrected chi connectivity index (χ0v) is 22.5. The van der Waals surface area contributed by atoms with E-state index < -0.39 is 28.7 Å². The molecule has 7 nitrogen and oxygen atoms in total. The number of nitrogens with zero attached hydrogens (tertiary/aromatic N) is 6. The molecule has 1 saturated heterocycles. The molecule has 0 radical (unpaired) electrons. The van der Waals surface area contributed by atoms with E-state index in [1.807, 2.05) is 30.5 Å². The summed E-state index contributed by atoms with van der Waals surface area (Å²) < 4.78 is 42.3. The van der Waals surface area contributed by atoms with Crippen LogP contribution in [0, 0.1) is 16.7 Å². The number of amides is 1. The molecule has 0 N–H and O–H groups in total. The molecule has 0 saturated carbocycles. The lowest BCUT2D eigenvalue weighted by Crippen LogP contribution is -2.43. The molecule has 198 valence electrons. The van der Waals surface area contributed by atoms with Crippen LogP contribution in [0.3, 0.4) is 0 Å². The van der Waals surface area contributed by atoms with E-state index in [0.29, 0.717) is 0 Å². The SMILES string of the molecule is CC(C)(C)Cc1cn(-c2ccc(CN3C(=S)N(c4ccc(C#N)c(C(F)(F)F)c4)C(=O)C3(C)C)cc2)nn1. The third-order valence-corrected chi connectivity index (χ3v) is 6.71. The van der Waals surface area contributed by atoms with Crippen LogP contribution in [0.1, 0.15) is 57.0 Å². The van der Waals surface area contributed by atoms with Gasteiger partial charge < -0.3 is 4.90 Å². The van der Waals surface area contributed by atoms with Gasteiger partial charge in [-0.2, -0.15) is 18.4 Å². The Morgan fingerprint density at radius 1 is 1.05 bits per heavy atom. The van der Waals surface area contributed by atoms with E-state index in [-0.39, 0.29) is 22.8 Å². The first-order chi connectivity index (χ1) is 17.6. The largest absolute Gasteiger partial charge is 0.417 e. The average Bonchev–Trinajstić information content (AvgIpc) is 3.34. The molecule has 38 heavy (non-hydrogen) atoms. The predicted molar refractivity (Wildman–Crippen MR) is 140 cm³/mol. The van der Waals surface area contributed by atoms with Gasteiger partial charge in [0, 0.05) is 6.54 Å². The zero-order chi connectivity index (χ0) is 28.0. The van der Waals surface area contributed by atoms with Gasteiger partial charge in [0.2, 0.25) is 0 Å². The fourth-order valence-electron chi connectivity index (χ4n) is 4.32. The summed E-state index contributed by atoms with van der Waals surface area (Å²) in [4.78, 5) is 16.1. The number of rotatable bonds is 5. The summed E-state index contributed by atoms with van der Waals surface area (Å²) in [6.45, 7) is 10.0. The summed E-state index contributed by atoms with van der Waals surface area (Å²) in [5.74, 6) is -0.453. The summed E-state index contributed by atoms with van der Waals surface area (Å²) in [6.07, 6.45) is -2.07. The number of carbonyl (C=O) groups is 1. The number of hydrogen-bond donors (Lipinski definition) is 0. The van der Waals surface area contributed by atoms with Crippen molar-refractivity contribution in [1.29, 1.82) is 5.26 Å². The van der Waals surface area contributed by atoms with E-state index in [1.54, 1.807) is 29.5 Å². The summed E-state index contributed by atoms with van der Waals surface area (Å²) >= 11 is 5.58. The third kappa shape index (κ3) is 5.27. The molecule has 3 aromatic rings. The summed E-state index contributed by atoms with van der Waals surface area (Å²) in [5, 5.41) is 17.6. The van der Waals surface area contributed by atoms with E-state index in [1.165, 1.54) is 6.07 Å². The Morgan fingerprint density at radius 2 is 1.68 bits per heavy atom. The molecule has 4 rings (SSSR count). The molecular weight excluding hydrogens is 513 g/mol. The fraction of sp³-hybridized carbons (Fsp3) is 0.370. The van der Waals surface area contributed by atoms with Crippen LogP contribution in [-0.4, -0.2) is 36.5 Å². The first-order valence-corrected chi connectivity index (χ1v) is 12.3. The molecule has 2 heterocycles. The van der Waals surface area contributed by atoms with Gasteiger partial charge in [-0.3, -0.25) is 9.69 Å². The van der Waals surface area contributed by atoms with Crippen molar-refractivity contribution in [3.63, 3.8) is 0 Å². The second kappa shape index (κ2) is 9.51. The summed E-state index contributed by atoms with van der Waals surface area (Å²) in [5.41, 5.74) is -0.120. The van der Waals surface area contributed by atoms with Gasteiger partial charge in [-0.05, 0) is 73.8 Å². The Bertz CT molecular complexity index is 1430. The Balaban J connectivity index is 1.57. The quantitative estimate of drug-likeness (QED) is 0.389. The Kier molecular flexibility index (Phi) is 6.82. The van der Waals surface area contributed by atoms with E-state index in [4.69, 9.17) is 17.5 Å². The third-order valence-electron chi connectivity index (χ3n) is 6.30. The first-order valence-electron chi connectivity index (χ1n) is 11.9. The van der Waals surface area contributed by atoms with Crippen molar-refractivity contribution in [2.45, 2.75) is 59.3 Å². The fourth-order valence-corrected chi connectivity index (χ4v) is 4.80. The zero-order valence-electron chi connectivity index (χ0n) is 21.7. The van der Waals surface area contributed by atoms with Gasteiger partial charge in [0.05, 0.1) is 40.5 Å². The van der Waals surface area contributed by atoms with Crippen molar-refractivity contribution in [3.8, 4) is 11.8 Å². The minimum Gasteiger partial charge on any atom is -0.330 e. The van der Waals surface area contributed by atoms with Crippen LogP contribution in [-0.2, 0) is 23.9 Å². The van der Waals surface area contributed by atoms with Crippen molar-refractivity contribution in [2.75, 3.05) is 4.90 Å². The van der Waals surface area contributed by atoms with Gasteiger partial charge in [-0.25, -0.2) is 4.68 Å². The van der Waals surface area contributed by atoms with Crippen LogP contribution in [0.5, 0.6) is 0 Å². The van der Waals surface area contributed by atoms with Gasteiger partial charge in [-0.1, -0.05) is 38.1 Å². The van der Waals surface area contributed by atoms with Crippen molar-refractivity contribution >= 4 is 28.9 Å². The number of carbonyl (C=O) groups excluding carboxylic acids is 1. The van der Waals surface area contributed by atoms with Crippen LogP contribution in [0.4, 0.5) is 18.9 Å². The maximum Gasteiger partial charge on any atom is 0.417 e. The number of anilines is 1. The van der Waals surface area contributed by atoms with Crippen molar-refractivity contribution in [3.05, 3.63) is 71.0 Å². The lowest BCUT2D eigenvalue weighted by molar-refractivity contribution is -0.137. The normalized spacial score (nSPS) is 15.8. The van der Waals surface area contributed by atoms with Crippen LogP contribution in [0.15, 0.2) is 48.7 Å². The predicted octanol–water partition coefficient (Wildman–Crippen LogP) is 5.66. The van der Waals surface area contributed by atoms with E-state index >= 15 is 0 Å². The highest BCUT2D eigenvalue weighted by Gasteiger charge is 2.49. The molecule has 1 aromatic heterocycles. The smallest absolute Gasteiger partial charge is 0.330 e. The van der Waals surface area contributed by atoms with Crippen LogP contribution >= 0.6 is 12.2 Å². The molecule has 1 aliphatic rings. The standard InChI is InChI=1S/C27H27F3N6OS/c1-25(2,3)13-19-16-35(33-32-19)20-9-6-17(7-10-20)15-34-24(38)36(23(37)26(34,4)5)21-11-8-18(14-31)22(12-21)27(28,29)30/h6-12,16H,13,15H2,1-5H3. The number of benzene rings is 2. The molecule has 0 unspecified atom stereocenters. The number of hydrogen-bond acceptors (Lipinski definition) is 5. The van der Waals surface area contributed by atoms with Gasteiger partial charge >= 0.3 is 6.18 Å². The van der Waals surface area contributed by atoms with Crippen molar-refractivity contribution < 1.29 is 18.0 Å². The molecule has 0 spiro atoms. The van der Waals surface area contributed by atoms with Crippen LogP contribution in [0.2, 0.25) is 0 Å². The number of aromatic nitrogens is 3. The molecule has 1 fully saturated rings. The van der Waals surface area contributed by atoms with E-state index in [2.05, 4.69) is 31.1 Å². The Morgan fingerprint density at radius 3 is 2.26 bits per heavy atom. The highest BCUT2D eigenvalue weighted by Crippen LogP contribution is 2.38. The van der Waals surface area contributed by atoms with Gasteiger partial charge in [0.15, 0.2) is 5.11 Å². The topological polar surface area (TPSA) is 78.0 Å². The second-order valence-corrected chi connectivity index (χ2v) is 11.3. The molecule has 0 bridgehead atoms. The Labute approximate surface area is 224 Å². The molecule has 1 aliphatic heterocycles. The van der Waals surface area contributed by atoms with E-state index in [0.717, 1.165) is 40.4 Å². The highest BCUT2D eigenvalue weighted by molar-refractivity contribution is 7.80. The molecular formula is C27H27F3N6OS. The van der Waals surface area contributed by atoms with Crippen molar-refractivity contribution in [1.82, 2.24) is 19.9 Å². The number of nitriles is 1. The number of alkyl halides is 3. The van der Waals surface area contributed by atoms with Gasteiger partial charge in [0.1, 0.15) is 5.54 Å². The molecule has 0 aliphatic carbocycles. The van der Waals surface area contributed by atoms with Crippen LogP contribution in [0.25, 0.3) is 5.69 Å². The van der Waals surface area contributed by atoms with Gasteiger partial charge in [-0.15, -0.1) is 5.10 Å². The van der Waals surface area contributed by atoms with E-state index in [9.17, 15) is 18.0 Å². The lowest BCUT2D eigenvalue weighted by atomic mass is 9.91. The summed E-state index contributed by atoms with van der Waals surface area (Å²) in [7, 11) is 0. The van der Waals surface area contributed by atoms with Crippen molar-refractivity contribution in [2.24, 2.45) is 5.41 Å². The maximum absolute atomic E-state index is 13.5. The maximum atomic E-state index is 13.5. The molecule has 0 atom stereocenters. The minimum atomic E-state index is -4.75. The molecule has 11 heteroatoms. The monoisotopic (exact) mass is 540 g/mol. The second-order valence-electron chi connectivity index (χ2n) is 11.0. The Hall–Kier alpha value is -3.78. The van der Waals surface area contributed by atoms with Crippen LogP contribution < -0.4 is 4.90 Å². The lowest BCUT2D eigenvalue weighted by Gasteiger charge is -2.29. The highest BCUT2D eigenvalue weighted by atomic mass is 32.1. The average molecular weight is 541 g/mol. The molecule has 2 aromatic carbocycles. The van der Waals surface area contributed by atoms with Gasteiger partial charge in [0.25, 0.3) is 5.91 Å². The minimum absolute atomic E-state index is 0.0329. The number of halogens is 3. The molecule has 1 amide bonds.